The molecule has 1 atom stereocenters. The van der Waals surface area contributed by atoms with Crippen molar-refractivity contribution in [1.82, 2.24) is 4.90 Å². The Hall–Kier alpha value is -2.33. The van der Waals surface area contributed by atoms with Crippen molar-refractivity contribution in [3.8, 4) is 0 Å². The number of amides is 1. The van der Waals surface area contributed by atoms with Crippen molar-refractivity contribution in [1.29, 1.82) is 0 Å². The molecule has 0 unspecified atom stereocenters. The van der Waals surface area contributed by atoms with Gasteiger partial charge in [0.2, 0.25) is 0 Å². The van der Waals surface area contributed by atoms with Crippen LogP contribution in [-0.4, -0.2) is 16.8 Å². The van der Waals surface area contributed by atoms with Gasteiger partial charge in [0.05, 0.1) is 17.6 Å². The fraction of sp³-hybridized carbons (Fsp3) is 0.300. The zero-order valence-electron chi connectivity index (χ0n) is 14.0. The van der Waals surface area contributed by atoms with E-state index in [0.29, 0.717) is 18.0 Å². The second-order valence-corrected chi connectivity index (χ2v) is 7.77. The Balaban J connectivity index is 1.91. The standard InChI is InChI=1S/C20H18ClNO3/c1-20(2)9-16-11-5-3-6-12(19(24)25)17(11)18(23)22(16)10-13-14(20)7-4-8-15(13)21/h3-8,16H,9-10H2,1-2H3,(H,24,25)/p-1/t16-/m0/s1. The molecular formula is C20H17ClNO3-. The van der Waals surface area contributed by atoms with Gasteiger partial charge in [-0.15, -0.1) is 0 Å². The maximum absolute atomic E-state index is 13.0. The predicted molar refractivity (Wildman–Crippen MR) is 92.5 cm³/mol. The van der Waals surface area contributed by atoms with E-state index in [0.717, 1.165) is 16.7 Å². The largest absolute Gasteiger partial charge is 0.545 e. The van der Waals surface area contributed by atoms with Gasteiger partial charge in [-0.25, -0.2) is 0 Å². The third-order valence-electron chi connectivity index (χ3n) is 5.41. The molecule has 25 heavy (non-hydrogen) atoms. The van der Waals surface area contributed by atoms with Crippen LogP contribution < -0.4 is 5.11 Å². The molecule has 0 aliphatic carbocycles. The maximum atomic E-state index is 13.0. The first-order chi connectivity index (χ1) is 11.8. The van der Waals surface area contributed by atoms with E-state index in [2.05, 4.69) is 19.9 Å². The Bertz CT molecular complexity index is 919. The van der Waals surface area contributed by atoms with Crippen molar-refractivity contribution in [2.24, 2.45) is 0 Å². The molecule has 2 aromatic carbocycles. The zero-order valence-corrected chi connectivity index (χ0v) is 14.8. The number of carboxylic acid groups (broad SMARTS) is 1. The lowest BCUT2D eigenvalue weighted by molar-refractivity contribution is -0.255. The summed E-state index contributed by atoms with van der Waals surface area (Å²) in [6.45, 7) is 4.65. The predicted octanol–water partition coefficient (Wildman–Crippen LogP) is 3.08. The minimum Gasteiger partial charge on any atom is -0.545 e. The maximum Gasteiger partial charge on any atom is 0.255 e. The third-order valence-corrected chi connectivity index (χ3v) is 5.76. The van der Waals surface area contributed by atoms with Crippen molar-refractivity contribution in [3.63, 3.8) is 0 Å². The summed E-state index contributed by atoms with van der Waals surface area (Å²) >= 11 is 6.43. The van der Waals surface area contributed by atoms with Crippen LogP contribution in [0.2, 0.25) is 5.02 Å². The number of hydrogen-bond acceptors (Lipinski definition) is 3. The molecule has 0 radical (unpaired) electrons. The van der Waals surface area contributed by atoms with Crippen molar-refractivity contribution in [2.75, 3.05) is 0 Å². The van der Waals surface area contributed by atoms with Gasteiger partial charge in [0.15, 0.2) is 0 Å². The fourth-order valence-corrected chi connectivity index (χ4v) is 4.46. The summed E-state index contributed by atoms with van der Waals surface area (Å²) in [4.78, 5) is 26.2. The highest BCUT2D eigenvalue weighted by Gasteiger charge is 2.44. The molecule has 0 saturated carbocycles. The van der Waals surface area contributed by atoms with Gasteiger partial charge in [0, 0.05) is 17.1 Å². The molecule has 5 heteroatoms. The van der Waals surface area contributed by atoms with Crippen LogP contribution in [0, 0.1) is 0 Å². The highest BCUT2D eigenvalue weighted by molar-refractivity contribution is 6.31. The molecule has 1 amide bonds. The van der Waals surface area contributed by atoms with E-state index in [-0.39, 0.29) is 28.5 Å². The summed E-state index contributed by atoms with van der Waals surface area (Å²) in [6, 6.07) is 10.6. The first-order valence-electron chi connectivity index (χ1n) is 8.24. The lowest BCUT2D eigenvalue weighted by Gasteiger charge is -2.29. The second-order valence-electron chi connectivity index (χ2n) is 7.36. The van der Waals surface area contributed by atoms with E-state index in [1.54, 1.807) is 11.0 Å². The van der Waals surface area contributed by atoms with E-state index >= 15 is 0 Å². The summed E-state index contributed by atoms with van der Waals surface area (Å²) in [5.41, 5.74) is 2.88. The highest BCUT2D eigenvalue weighted by atomic mass is 35.5. The number of rotatable bonds is 1. The average molecular weight is 355 g/mol. The number of nitrogens with zero attached hydrogens (tertiary/aromatic N) is 1. The molecule has 2 aliphatic heterocycles. The number of carbonyl (C=O) groups is 2. The SMILES string of the molecule is CC1(C)C[C@H]2c3cccc(C(=O)[O-])c3C(=O)N2Cc2c(Cl)cccc21. The number of hydrogen-bond donors (Lipinski definition) is 0. The van der Waals surface area contributed by atoms with E-state index in [9.17, 15) is 14.7 Å². The quantitative estimate of drug-likeness (QED) is 0.790. The zero-order chi connectivity index (χ0) is 17.9. The summed E-state index contributed by atoms with van der Waals surface area (Å²) in [5.74, 6) is -1.58. The van der Waals surface area contributed by atoms with Crippen LogP contribution in [0.1, 0.15) is 63.7 Å². The molecule has 4 nitrogen and oxygen atoms in total. The number of fused-ring (bicyclic) bond motifs is 4. The minimum atomic E-state index is -1.32. The summed E-state index contributed by atoms with van der Waals surface area (Å²) in [7, 11) is 0. The first kappa shape index (κ1) is 16.2. The molecule has 0 spiro atoms. The number of carboxylic acids is 1. The van der Waals surface area contributed by atoms with Crippen molar-refractivity contribution < 1.29 is 14.7 Å². The Morgan fingerprint density at radius 2 is 1.96 bits per heavy atom. The number of benzene rings is 2. The molecule has 0 bridgehead atoms. The average Bonchev–Trinajstić information content (AvgIpc) is 2.73. The van der Waals surface area contributed by atoms with Gasteiger partial charge in [0.1, 0.15) is 0 Å². The molecule has 2 aromatic rings. The molecule has 0 fully saturated rings. The molecule has 0 N–H and O–H groups in total. The molecule has 0 saturated heterocycles. The van der Waals surface area contributed by atoms with Crippen LogP contribution in [0.25, 0.3) is 0 Å². The molecule has 2 aliphatic rings. The molecular weight excluding hydrogens is 338 g/mol. The Morgan fingerprint density at radius 1 is 1.24 bits per heavy atom. The lowest BCUT2D eigenvalue weighted by Crippen LogP contribution is -2.29. The first-order valence-corrected chi connectivity index (χ1v) is 8.62. The Kier molecular flexibility index (Phi) is 3.45. The number of carbonyl (C=O) groups excluding carboxylic acids is 2. The molecule has 0 aromatic heterocycles. The van der Waals surface area contributed by atoms with Crippen molar-refractivity contribution in [2.45, 2.75) is 38.3 Å². The van der Waals surface area contributed by atoms with E-state index in [1.807, 2.05) is 18.2 Å². The number of halogens is 1. The summed E-state index contributed by atoms with van der Waals surface area (Å²) in [6.07, 6.45) is 0.704. The Morgan fingerprint density at radius 3 is 2.68 bits per heavy atom. The highest BCUT2D eigenvalue weighted by Crippen LogP contribution is 2.48. The van der Waals surface area contributed by atoms with Gasteiger partial charge in [-0.1, -0.05) is 55.8 Å². The third kappa shape index (κ3) is 2.28. The van der Waals surface area contributed by atoms with Gasteiger partial charge in [-0.3, -0.25) is 4.79 Å². The normalized spacial score (nSPS) is 20.5. The lowest BCUT2D eigenvalue weighted by atomic mass is 9.77. The Labute approximate surface area is 151 Å². The van der Waals surface area contributed by atoms with Crippen LogP contribution in [0.3, 0.4) is 0 Å². The van der Waals surface area contributed by atoms with Crippen molar-refractivity contribution in [3.05, 3.63) is 69.2 Å². The smallest absolute Gasteiger partial charge is 0.255 e. The van der Waals surface area contributed by atoms with Gasteiger partial charge in [-0.05, 0) is 34.6 Å². The van der Waals surface area contributed by atoms with Gasteiger partial charge < -0.3 is 14.8 Å². The topological polar surface area (TPSA) is 60.4 Å². The van der Waals surface area contributed by atoms with Crippen LogP contribution in [0.5, 0.6) is 0 Å². The summed E-state index contributed by atoms with van der Waals surface area (Å²) in [5, 5.41) is 12.1. The fourth-order valence-electron chi connectivity index (χ4n) is 4.23. The summed E-state index contributed by atoms with van der Waals surface area (Å²) < 4.78 is 0. The van der Waals surface area contributed by atoms with Gasteiger partial charge in [-0.2, -0.15) is 0 Å². The van der Waals surface area contributed by atoms with E-state index < -0.39 is 5.97 Å². The van der Waals surface area contributed by atoms with Crippen LogP contribution in [-0.2, 0) is 12.0 Å². The number of aromatic carboxylic acids is 1. The van der Waals surface area contributed by atoms with E-state index in [1.165, 1.54) is 6.07 Å². The van der Waals surface area contributed by atoms with Crippen LogP contribution in [0.15, 0.2) is 36.4 Å². The molecule has 2 heterocycles. The van der Waals surface area contributed by atoms with Gasteiger partial charge in [0.25, 0.3) is 5.91 Å². The second kappa shape index (κ2) is 5.33. The monoisotopic (exact) mass is 354 g/mol. The van der Waals surface area contributed by atoms with Crippen LogP contribution in [0.4, 0.5) is 0 Å². The van der Waals surface area contributed by atoms with Crippen molar-refractivity contribution >= 4 is 23.5 Å². The molecule has 128 valence electrons. The van der Waals surface area contributed by atoms with Crippen LogP contribution >= 0.6 is 11.6 Å². The van der Waals surface area contributed by atoms with E-state index in [4.69, 9.17) is 11.6 Å². The molecule has 4 rings (SSSR count). The van der Waals surface area contributed by atoms with Gasteiger partial charge >= 0.3 is 0 Å². The minimum absolute atomic E-state index is 0.0345.